The minimum Gasteiger partial charge on any atom is -0.460 e. The lowest BCUT2D eigenvalue weighted by Crippen LogP contribution is -2.48. The first-order chi connectivity index (χ1) is 17.9. The Morgan fingerprint density at radius 2 is 1.46 bits per heavy atom. The van der Waals surface area contributed by atoms with Crippen molar-refractivity contribution in [2.45, 2.75) is 24.0 Å². The fraction of sp³-hybridized carbons (Fsp3) is 0.259. The second-order valence-electron chi connectivity index (χ2n) is 8.35. The monoisotopic (exact) mass is 524 g/mol. The Morgan fingerprint density at radius 3 is 2.11 bits per heavy atom. The highest BCUT2D eigenvalue weighted by Crippen LogP contribution is 2.23. The number of nitrogens with zero attached hydrogens (tertiary/aromatic N) is 1. The van der Waals surface area contributed by atoms with Gasteiger partial charge in [0.2, 0.25) is 15.9 Å². The van der Waals surface area contributed by atoms with Crippen LogP contribution in [-0.4, -0.2) is 57.5 Å². The highest BCUT2D eigenvalue weighted by molar-refractivity contribution is 7.89. The molecular formula is C27H28N2O7S. The predicted molar refractivity (Wildman–Crippen MR) is 135 cm³/mol. The number of nitrogens with one attached hydrogen (secondary N) is 1. The number of benzene rings is 3. The summed E-state index contributed by atoms with van der Waals surface area (Å²) >= 11 is 0. The zero-order chi connectivity index (χ0) is 26.1. The second kappa shape index (κ2) is 12.5. The Labute approximate surface area is 216 Å². The van der Waals surface area contributed by atoms with Gasteiger partial charge in [-0.25, -0.2) is 8.42 Å². The summed E-state index contributed by atoms with van der Waals surface area (Å²) in [6, 6.07) is 22.5. The first kappa shape index (κ1) is 26.3. The average Bonchev–Trinajstić information content (AvgIpc) is 2.93. The van der Waals surface area contributed by atoms with Gasteiger partial charge in [0.15, 0.2) is 0 Å². The van der Waals surface area contributed by atoms with Gasteiger partial charge in [0.05, 0.1) is 24.5 Å². The molecule has 1 atom stereocenters. The van der Waals surface area contributed by atoms with Crippen LogP contribution in [0.5, 0.6) is 11.5 Å². The van der Waals surface area contributed by atoms with Gasteiger partial charge in [-0.15, -0.1) is 0 Å². The standard InChI is InChI=1S/C27H28N2O7S/c30-26(29-15-17-34-18-16-29)19-25(27(31)35-20-21-7-3-1-4-8-21)28-37(32,33)24-13-11-23(12-14-24)36-22-9-5-2-6-10-22/h1-14,25,28H,15-20H2/t25-/m1/s1. The predicted octanol–water partition coefficient (Wildman–Crippen LogP) is 3.12. The maximum absolute atomic E-state index is 13.1. The second-order valence-corrected chi connectivity index (χ2v) is 10.1. The molecule has 1 saturated heterocycles. The van der Waals surface area contributed by atoms with Crippen LogP contribution in [0.4, 0.5) is 0 Å². The van der Waals surface area contributed by atoms with Gasteiger partial charge in [-0.3, -0.25) is 9.59 Å². The minimum absolute atomic E-state index is 0.0465. The van der Waals surface area contributed by atoms with Gasteiger partial charge >= 0.3 is 5.97 Å². The molecule has 3 aromatic carbocycles. The van der Waals surface area contributed by atoms with E-state index < -0.39 is 22.0 Å². The highest BCUT2D eigenvalue weighted by Gasteiger charge is 2.31. The lowest BCUT2D eigenvalue weighted by atomic mass is 10.2. The van der Waals surface area contributed by atoms with Gasteiger partial charge in [-0.05, 0) is 42.0 Å². The van der Waals surface area contributed by atoms with E-state index in [-0.39, 0.29) is 23.8 Å². The fourth-order valence-corrected chi connectivity index (χ4v) is 4.87. The molecule has 1 aliphatic rings. The van der Waals surface area contributed by atoms with Crippen LogP contribution in [-0.2, 0) is 35.7 Å². The fourth-order valence-electron chi connectivity index (χ4n) is 3.69. The van der Waals surface area contributed by atoms with E-state index in [0.29, 0.717) is 37.8 Å². The van der Waals surface area contributed by atoms with Gasteiger partial charge < -0.3 is 19.1 Å². The Bertz CT molecular complexity index is 1280. The molecule has 10 heteroatoms. The topological polar surface area (TPSA) is 111 Å². The summed E-state index contributed by atoms with van der Waals surface area (Å²) < 4.78 is 45.0. The van der Waals surface area contributed by atoms with Gasteiger partial charge in [0.25, 0.3) is 0 Å². The molecule has 1 heterocycles. The molecule has 1 N–H and O–H groups in total. The van der Waals surface area contributed by atoms with Crippen LogP contribution in [0.1, 0.15) is 12.0 Å². The number of carbonyl (C=O) groups excluding carboxylic acids is 2. The molecular weight excluding hydrogens is 496 g/mol. The van der Waals surface area contributed by atoms with Crippen molar-refractivity contribution in [2.24, 2.45) is 0 Å². The lowest BCUT2D eigenvalue weighted by Gasteiger charge is -2.28. The van der Waals surface area contributed by atoms with Crippen molar-refractivity contribution < 1.29 is 32.2 Å². The zero-order valence-corrected chi connectivity index (χ0v) is 20.9. The van der Waals surface area contributed by atoms with E-state index in [9.17, 15) is 18.0 Å². The molecule has 1 fully saturated rings. The van der Waals surface area contributed by atoms with Gasteiger partial charge in [-0.1, -0.05) is 48.5 Å². The third-order valence-corrected chi connectivity index (χ3v) is 7.15. The Kier molecular flexibility index (Phi) is 8.89. The third kappa shape index (κ3) is 7.63. The quantitative estimate of drug-likeness (QED) is 0.406. The molecule has 0 radical (unpaired) electrons. The van der Waals surface area contributed by atoms with Gasteiger partial charge in [0.1, 0.15) is 24.1 Å². The first-order valence-electron chi connectivity index (χ1n) is 11.8. The maximum atomic E-state index is 13.1. The smallest absolute Gasteiger partial charge is 0.325 e. The number of rotatable bonds is 10. The van der Waals surface area contributed by atoms with Crippen LogP contribution >= 0.6 is 0 Å². The third-order valence-electron chi connectivity index (χ3n) is 5.66. The summed E-state index contributed by atoms with van der Waals surface area (Å²) in [4.78, 5) is 27.2. The van der Waals surface area contributed by atoms with E-state index in [1.54, 1.807) is 41.3 Å². The molecule has 0 aromatic heterocycles. The molecule has 0 bridgehead atoms. The van der Waals surface area contributed by atoms with E-state index in [1.807, 2.05) is 24.3 Å². The number of amides is 1. The summed E-state index contributed by atoms with van der Waals surface area (Å²) in [6.45, 7) is 1.48. The van der Waals surface area contributed by atoms with Crippen molar-refractivity contribution in [3.8, 4) is 11.5 Å². The molecule has 194 valence electrons. The number of hydrogen-bond donors (Lipinski definition) is 1. The van der Waals surface area contributed by atoms with Crippen molar-refractivity contribution in [1.82, 2.24) is 9.62 Å². The van der Waals surface area contributed by atoms with Crippen LogP contribution in [0.3, 0.4) is 0 Å². The Morgan fingerprint density at radius 1 is 0.865 bits per heavy atom. The number of hydrogen-bond acceptors (Lipinski definition) is 7. The van der Waals surface area contributed by atoms with Crippen molar-refractivity contribution in [3.63, 3.8) is 0 Å². The number of carbonyl (C=O) groups is 2. The molecule has 1 amide bonds. The summed E-state index contributed by atoms with van der Waals surface area (Å²) in [6.07, 6.45) is -0.373. The van der Waals surface area contributed by atoms with E-state index in [1.165, 1.54) is 24.3 Å². The van der Waals surface area contributed by atoms with Crippen LogP contribution < -0.4 is 9.46 Å². The summed E-state index contributed by atoms with van der Waals surface area (Å²) in [7, 11) is -4.16. The van der Waals surface area contributed by atoms with Crippen LogP contribution in [0.2, 0.25) is 0 Å². The van der Waals surface area contributed by atoms with E-state index in [4.69, 9.17) is 14.2 Å². The van der Waals surface area contributed by atoms with Crippen molar-refractivity contribution in [3.05, 3.63) is 90.5 Å². The molecule has 0 spiro atoms. The summed E-state index contributed by atoms with van der Waals surface area (Å²) in [5.74, 6) is -0.136. The zero-order valence-electron chi connectivity index (χ0n) is 20.1. The summed E-state index contributed by atoms with van der Waals surface area (Å²) in [5.41, 5.74) is 0.742. The molecule has 0 saturated carbocycles. The van der Waals surface area contributed by atoms with E-state index >= 15 is 0 Å². The molecule has 4 rings (SSSR count). The van der Waals surface area contributed by atoms with Crippen molar-refractivity contribution in [1.29, 1.82) is 0 Å². The number of morpholine rings is 1. The van der Waals surface area contributed by atoms with Gasteiger partial charge in [0, 0.05) is 13.1 Å². The highest BCUT2D eigenvalue weighted by atomic mass is 32.2. The molecule has 3 aromatic rings. The van der Waals surface area contributed by atoms with Gasteiger partial charge in [-0.2, -0.15) is 4.72 Å². The summed E-state index contributed by atoms with van der Waals surface area (Å²) in [5, 5.41) is 0. The molecule has 0 aliphatic carbocycles. The molecule has 37 heavy (non-hydrogen) atoms. The van der Waals surface area contributed by atoms with Crippen LogP contribution in [0.25, 0.3) is 0 Å². The number of ether oxygens (including phenoxy) is 3. The van der Waals surface area contributed by atoms with E-state index in [2.05, 4.69) is 4.72 Å². The van der Waals surface area contributed by atoms with E-state index in [0.717, 1.165) is 5.56 Å². The van der Waals surface area contributed by atoms with Crippen LogP contribution in [0, 0.1) is 0 Å². The molecule has 0 unspecified atom stereocenters. The number of sulfonamides is 1. The number of para-hydroxylation sites is 1. The average molecular weight is 525 g/mol. The Balaban J connectivity index is 1.46. The SMILES string of the molecule is O=C(OCc1ccccc1)[C@@H](CC(=O)N1CCOCC1)NS(=O)(=O)c1ccc(Oc2ccccc2)cc1. The minimum atomic E-state index is -4.16. The molecule has 9 nitrogen and oxygen atoms in total. The largest absolute Gasteiger partial charge is 0.460 e. The normalized spacial score (nSPS) is 14.5. The number of esters is 1. The first-order valence-corrected chi connectivity index (χ1v) is 13.3. The maximum Gasteiger partial charge on any atom is 0.325 e. The van der Waals surface area contributed by atoms with Crippen LogP contribution in [0.15, 0.2) is 89.8 Å². The van der Waals surface area contributed by atoms with Crippen molar-refractivity contribution >= 4 is 21.9 Å². The Hall–Kier alpha value is -3.73. The van der Waals surface area contributed by atoms with Crippen molar-refractivity contribution in [2.75, 3.05) is 26.3 Å². The lowest BCUT2D eigenvalue weighted by molar-refractivity contribution is -0.150. The molecule has 1 aliphatic heterocycles.